The van der Waals surface area contributed by atoms with Gasteiger partial charge in [0.2, 0.25) is 0 Å². The fraction of sp³-hybridized carbons (Fsp3) is 0.316. The summed E-state index contributed by atoms with van der Waals surface area (Å²) in [6.07, 6.45) is 0. The molecule has 132 valence electrons. The molecule has 1 N–H and O–H groups in total. The van der Waals surface area contributed by atoms with E-state index < -0.39 is 0 Å². The number of carbonyl (C=O) groups is 1. The Morgan fingerprint density at radius 3 is 2.32 bits per heavy atom. The molecule has 0 aliphatic carbocycles. The normalized spacial score (nSPS) is 15.2. The van der Waals surface area contributed by atoms with Crippen molar-refractivity contribution in [2.24, 2.45) is 0 Å². The molecule has 25 heavy (non-hydrogen) atoms. The molecule has 0 saturated carbocycles. The summed E-state index contributed by atoms with van der Waals surface area (Å²) in [4.78, 5) is 16.3. The molecule has 0 unspecified atom stereocenters. The summed E-state index contributed by atoms with van der Waals surface area (Å²) in [7, 11) is 0. The van der Waals surface area contributed by atoms with Crippen molar-refractivity contribution in [1.29, 1.82) is 0 Å². The highest BCUT2D eigenvalue weighted by Gasteiger charge is 2.21. The lowest BCUT2D eigenvalue weighted by Gasteiger charge is -2.34. The monoisotopic (exact) mass is 361 g/mol. The van der Waals surface area contributed by atoms with Crippen LogP contribution in [0.2, 0.25) is 5.02 Å². The van der Waals surface area contributed by atoms with Crippen molar-refractivity contribution in [3.05, 3.63) is 70.5 Å². The molecule has 2 aromatic carbocycles. The predicted molar refractivity (Wildman–Crippen MR) is 96.9 cm³/mol. The van der Waals surface area contributed by atoms with Crippen LogP contribution in [0, 0.1) is 5.82 Å². The lowest BCUT2D eigenvalue weighted by atomic mass is 10.2. The second-order valence-corrected chi connectivity index (χ2v) is 6.51. The van der Waals surface area contributed by atoms with E-state index in [1.54, 1.807) is 23.1 Å². The van der Waals surface area contributed by atoms with Crippen molar-refractivity contribution in [1.82, 2.24) is 15.1 Å². The van der Waals surface area contributed by atoms with Crippen molar-refractivity contribution in [3.63, 3.8) is 0 Å². The molecule has 0 bridgehead atoms. The van der Waals surface area contributed by atoms with Crippen LogP contribution in [0.5, 0.6) is 0 Å². The van der Waals surface area contributed by atoms with Gasteiger partial charge in [-0.15, -0.1) is 0 Å². The highest BCUT2D eigenvalue weighted by molar-refractivity contribution is 6.31. The minimum absolute atomic E-state index is 0.152. The smallest absolute Gasteiger partial charge is 0.317 e. The Hall–Kier alpha value is -2.11. The molecule has 2 aromatic rings. The number of nitrogens with one attached hydrogen (secondary N) is 1. The summed E-state index contributed by atoms with van der Waals surface area (Å²) in [5.74, 6) is -0.299. The number of hydrogen-bond acceptors (Lipinski definition) is 2. The van der Waals surface area contributed by atoms with E-state index in [0.29, 0.717) is 18.7 Å². The van der Waals surface area contributed by atoms with Crippen LogP contribution in [0.1, 0.15) is 11.1 Å². The van der Waals surface area contributed by atoms with E-state index in [0.717, 1.165) is 30.2 Å². The third-order valence-electron chi connectivity index (χ3n) is 4.40. The summed E-state index contributed by atoms with van der Waals surface area (Å²) in [6, 6.07) is 14.1. The average Bonchev–Trinajstić information content (AvgIpc) is 2.63. The minimum atomic E-state index is -0.299. The van der Waals surface area contributed by atoms with Crippen molar-refractivity contribution >= 4 is 17.6 Å². The van der Waals surface area contributed by atoms with Gasteiger partial charge in [-0.05, 0) is 17.7 Å². The highest BCUT2D eigenvalue weighted by Crippen LogP contribution is 2.18. The zero-order chi connectivity index (χ0) is 17.6. The maximum Gasteiger partial charge on any atom is 0.317 e. The van der Waals surface area contributed by atoms with E-state index in [-0.39, 0.29) is 18.4 Å². The van der Waals surface area contributed by atoms with Gasteiger partial charge >= 0.3 is 6.03 Å². The van der Waals surface area contributed by atoms with Crippen LogP contribution in [0.15, 0.2) is 48.5 Å². The molecular formula is C19H21ClFN3O. The van der Waals surface area contributed by atoms with Crippen LogP contribution < -0.4 is 5.32 Å². The third-order valence-corrected chi connectivity index (χ3v) is 4.77. The molecule has 0 aromatic heterocycles. The van der Waals surface area contributed by atoms with Crippen molar-refractivity contribution in [2.45, 2.75) is 13.1 Å². The maximum absolute atomic E-state index is 13.6. The third kappa shape index (κ3) is 4.71. The van der Waals surface area contributed by atoms with Gasteiger partial charge in [0.05, 0.1) is 0 Å². The van der Waals surface area contributed by atoms with Gasteiger partial charge < -0.3 is 10.2 Å². The van der Waals surface area contributed by atoms with Crippen molar-refractivity contribution in [3.8, 4) is 0 Å². The first kappa shape index (κ1) is 17.7. The molecule has 3 rings (SSSR count). The largest absolute Gasteiger partial charge is 0.334 e. The Morgan fingerprint density at radius 1 is 1.00 bits per heavy atom. The zero-order valence-electron chi connectivity index (χ0n) is 13.9. The average molecular weight is 362 g/mol. The number of hydrogen-bond donors (Lipinski definition) is 1. The SMILES string of the molecule is O=C(NCc1ccccc1F)N1CCN(Cc2ccccc2Cl)CC1. The van der Waals surface area contributed by atoms with Crippen LogP contribution in [0.3, 0.4) is 0 Å². The Bertz CT molecular complexity index is 732. The number of carbonyl (C=O) groups excluding carboxylic acids is 1. The summed E-state index contributed by atoms with van der Waals surface area (Å²) >= 11 is 6.20. The van der Waals surface area contributed by atoms with E-state index in [2.05, 4.69) is 10.2 Å². The van der Waals surface area contributed by atoms with E-state index in [9.17, 15) is 9.18 Å². The maximum atomic E-state index is 13.6. The first-order valence-electron chi connectivity index (χ1n) is 8.35. The molecule has 4 nitrogen and oxygen atoms in total. The molecule has 0 radical (unpaired) electrons. The van der Waals surface area contributed by atoms with Gasteiger partial charge in [-0.1, -0.05) is 48.0 Å². The molecule has 1 fully saturated rings. The molecule has 1 aliphatic rings. The molecular weight excluding hydrogens is 341 g/mol. The number of piperazine rings is 1. The minimum Gasteiger partial charge on any atom is -0.334 e. The quantitative estimate of drug-likeness (QED) is 0.904. The molecule has 0 spiro atoms. The summed E-state index contributed by atoms with van der Waals surface area (Å²) in [5, 5.41) is 3.56. The van der Waals surface area contributed by atoms with Crippen molar-refractivity contribution < 1.29 is 9.18 Å². The molecule has 6 heteroatoms. The number of rotatable bonds is 4. The lowest BCUT2D eigenvalue weighted by molar-refractivity contribution is 0.135. The van der Waals surface area contributed by atoms with Gasteiger partial charge in [0.15, 0.2) is 0 Å². The summed E-state index contributed by atoms with van der Waals surface area (Å²) < 4.78 is 13.6. The van der Waals surface area contributed by atoms with Crippen LogP contribution in [-0.4, -0.2) is 42.0 Å². The number of nitrogens with zero attached hydrogens (tertiary/aromatic N) is 2. The second-order valence-electron chi connectivity index (χ2n) is 6.10. The Labute approximate surface area is 152 Å². The first-order chi connectivity index (χ1) is 12.1. The molecule has 1 saturated heterocycles. The first-order valence-corrected chi connectivity index (χ1v) is 8.73. The van der Waals surface area contributed by atoms with Gasteiger partial charge in [0, 0.05) is 49.9 Å². The van der Waals surface area contributed by atoms with E-state index >= 15 is 0 Å². The molecule has 1 heterocycles. The van der Waals surface area contributed by atoms with Crippen LogP contribution >= 0.6 is 11.6 Å². The van der Waals surface area contributed by atoms with Gasteiger partial charge in [-0.3, -0.25) is 4.90 Å². The van der Waals surface area contributed by atoms with E-state index in [1.807, 2.05) is 24.3 Å². The number of benzene rings is 2. The summed E-state index contributed by atoms with van der Waals surface area (Å²) in [5.41, 5.74) is 1.59. The van der Waals surface area contributed by atoms with Crippen LogP contribution in [0.25, 0.3) is 0 Å². The predicted octanol–water partition coefficient (Wildman–Crippen LogP) is 3.51. The number of amides is 2. The van der Waals surface area contributed by atoms with Gasteiger partial charge in [-0.2, -0.15) is 0 Å². The molecule has 2 amide bonds. The van der Waals surface area contributed by atoms with Gasteiger partial charge in [-0.25, -0.2) is 9.18 Å². The number of urea groups is 1. The fourth-order valence-corrected chi connectivity index (χ4v) is 3.10. The van der Waals surface area contributed by atoms with Gasteiger partial charge in [0.25, 0.3) is 0 Å². The van der Waals surface area contributed by atoms with E-state index in [4.69, 9.17) is 11.6 Å². The topological polar surface area (TPSA) is 35.6 Å². The van der Waals surface area contributed by atoms with Crippen LogP contribution in [0.4, 0.5) is 9.18 Å². The lowest BCUT2D eigenvalue weighted by Crippen LogP contribution is -2.51. The standard InChI is InChI=1S/C19H21ClFN3O/c20-17-7-3-1-6-16(17)14-23-9-11-24(12-10-23)19(25)22-13-15-5-2-4-8-18(15)21/h1-8H,9-14H2,(H,22,25). The summed E-state index contributed by atoms with van der Waals surface area (Å²) in [6.45, 7) is 3.85. The molecule has 1 aliphatic heterocycles. The Kier molecular flexibility index (Phi) is 5.89. The number of halogens is 2. The molecule has 0 atom stereocenters. The van der Waals surface area contributed by atoms with Crippen LogP contribution in [-0.2, 0) is 13.1 Å². The Morgan fingerprint density at radius 2 is 1.64 bits per heavy atom. The second kappa shape index (κ2) is 8.32. The zero-order valence-corrected chi connectivity index (χ0v) is 14.7. The Balaban J connectivity index is 1.46. The highest BCUT2D eigenvalue weighted by atomic mass is 35.5. The van der Waals surface area contributed by atoms with E-state index in [1.165, 1.54) is 6.07 Å². The van der Waals surface area contributed by atoms with Crippen molar-refractivity contribution in [2.75, 3.05) is 26.2 Å². The fourth-order valence-electron chi connectivity index (χ4n) is 2.90. The van der Waals surface area contributed by atoms with Gasteiger partial charge in [0.1, 0.15) is 5.82 Å².